The zero-order valence-corrected chi connectivity index (χ0v) is 18.2. The Morgan fingerprint density at radius 3 is 2.05 bits per heavy atom. The van der Waals surface area contributed by atoms with Crippen molar-refractivity contribution in [3.05, 3.63) is 99.9 Å². The van der Waals surface area contributed by atoms with Gasteiger partial charge in [0.25, 0.3) is 5.91 Å². The second-order valence-corrected chi connectivity index (χ2v) is 7.56. The number of hydrogen-bond donors (Lipinski definition) is 2. The summed E-state index contributed by atoms with van der Waals surface area (Å²) in [6.45, 7) is 0. The highest BCUT2D eigenvalue weighted by Crippen LogP contribution is 2.38. The molecule has 0 aliphatic carbocycles. The Kier molecular flexibility index (Phi) is 7.94. The Balaban J connectivity index is 2.00. The third-order valence-corrected chi connectivity index (χ3v) is 5.08. The average Bonchev–Trinajstić information content (AvgIpc) is 2.84. The van der Waals surface area contributed by atoms with Gasteiger partial charge in [-0.05, 0) is 23.8 Å². The average molecular weight is 530 g/mol. The van der Waals surface area contributed by atoms with Gasteiger partial charge in [-0.2, -0.15) is 13.2 Å². The fourth-order valence-electron chi connectivity index (χ4n) is 3.35. The van der Waals surface area contributed by atoms with Crippen LogP contribution in [-0.2, 0) is 17.4 Å². The number of amides is 2. The van der Waals surface area contributed by atoms with Crippen LogP contribution in [0.15, 0.2) is 48.5 Å². The summed E-state index contributed by atoms with van der Waals surface area (Å²) >= 11 is 0. The molecule has 0 unspecified atom stereocenters. The highest BCUT2D eigenvalue weighted by Gasteiger charge is 2.42. The first kappa shape index (κ1) is 27.3. The number of alkyl halides is 3. The second kappa shape index (κ2) is 10.8. The monoisotopic (exact) mass is 530 g/mol. The molecule has 3 aromatic rings. The van der Waals surface area contributed by atoms with Crippen molar-refractivity contribution in [1.82, 2.24) is 5.32 Å². The number of aldehydes is 1. The van der Waals surface area contributed by atoms with Crippen LogP contribution >= 0.6 is 0 Å². The van der Waals surface area contributed by atoms with E-state index < -0.39 is 70.8 Å². The van der Waals surface area contributed by atoms with Crippen LogP contribution in [0.2, 0.25) is 0 Å². The molecule has 5 nitrogen and oxygen atoms in total. The first-order chi connectivity index (χ1) is 17.3. The van der Waals surface area contributed by atoms with E-state index >= 15 is 0 Å². The van der Waals surface area contributed by atoms with E-state index in [-0.39, 0.29) is 16.7 Å². The van der Waals surface area contributed by atoms with Crippen LogP contribution in [0.1, 0.15) is 31.8 Å². The van der Waals surface area contributed by atoms with Crippen molar-refractivity contribution in [2.75, 3.05) is 5.32 Å². The number of carbonyl (C=O) groups excluding carboxylic acids is 3. The van der Waals surface area contributed by atoms with Gasteiger partial charge >= 0.3 is 6.18 Å². The van der Waals surface area contributed by atoms with E-state index in [2.05, 4.69) is 5.32 Å². The molecule has 0 saturated heterocycles. The zero-order valence-electron chi connectivity index (χ0n) is 18.2. The molecule has 1 atom stereocenters. The number of hydrogen-bond acceptors (Lipinski definition) is 3. The second-order valence-electron chi connectivity index (χ2n) is 7.56. The standard InChI is InChI=1S/C24H14F8N2O3/c25-13-6-3-4-11(8-13)9-15(33-22(36)14-7-2-1-5-12(14)10-35)23(37)34-21-19(28)17(26)16(24(30,31)32)18(27)20(21)29/h1-8,10,15H,9H2,(H,33,36)(H,34,37)/t15-/m0/s1. The molecule has 3 aromatic carbocycles. The number of halogens is 8. The normalized spacial score (nSPS) is 12.1. The summed E-state index contributed by atoms with van der Waals surface area (Å²) in [5.74, 6) is -14.0. The Morgan fingerprint density at radius 1 is 0.865 bits per heavy atom. The van der Waals surface area contributed by atoms with Crippen molar-refractivity contribution in [1.29, 1.82) is 0 Å². The number of carbonyl (C=O) groups is 3. The predicted octanol–water partition coefficient (Wildman–Crippen LogP) is 5.19. The summed E-state index contributed by atoms with van der Waals surface area (Å²) in [5, 5.41) is 3.60. The van der Waals surface area contributed by atoms with Gasteiger partial charge in [0.05, 0.1) is 0 Å². The molecule has 3 rings (SSSR count). The topological polar surface area (TPSA) is 75.3 Å². The minimum atomic E-state index is -5.79. The first-order valence-electron chi connectivity index (χ1n) is 10.2. The summed E-state index contributed by atoms with van der Waals surface area (Å²) in [6, 6.07) is 8.02. The number of rotatable bonds is 7. The van der Waals surface area contributed by atoms with Crippen LogP contribution in [0.5, 0.6) is 0 Å². The number of nitrogens with one attached hydrogen (secondary N) is 2. The van der Waals surface area contributed by atoms with Gasteiger partial charge in [0.1, 0.15) is 23.1 Å². The third kappa shape index (κ3) is 5.93. The smallest absolute Gasteiger partial charge is 0.340 e. The molecule has 194 valence electrons. The summed E-state index contributed by atoms with van der Waals surface area (Å²) < 4.78 is 109. The van der Waals surface area contributed by atoms with Crippen molar-refractivity contribution >= 4 is 23.8 Å². The molecule has 0 spiro atoms. The van der Waals surface area contributed by atoms with Gasteiger partial charge in [-0.25, -0.2) is 22.0 Å². The van der Waals surface area contributed by atoms with E-state index in [1.807, 2.05) is 0 Å². The van der Waals surface area contributed by atoms with Gasteiger partial charge in [0, 0.05) is 17.5 Å². The maximum Gasteiger partial charge on any atom is 0.422 e. The fraction of sp³-hybridized carbons (Fsp3) is 0.125. The minimum Gasteiger partial charge on any atom is -0.340 e. The van der Waals surface area contributed by atoms with Crippen molar-refractivity contribution in [3.63, 3.8) is 0 Å². The largest absolute Gasteiger partial charge is 0.422 e. The summed E-state index contributed by atoms with van der Waals surface area (Å²) in [6.07, 6.45) is -6.00. The van der Waals surface area contributed by atoms with E-state index in [0.717, 1.165) is 12.1 Å². The lowest BCUT2D eigenvalue weighted by Crippen LogP contribution is -2.45. The summed E-state index contributed by atoms with van der Waals surface area (Å²) in [5.41, 5.74) is -4.96. The molecule has 2 amide bonds. The number of benzene rings is 3. The molecule has 0 radical (unpaired) electrons. The van der Waals surface area contributed by atoms with Crippen LogP contribution in [0, 0.1) is 29.1 Å². The first-order valence-corrected chi connectivity index (χ1v) is 10.2. The minimum absolute atomic E-state index is 0.0786. The maximum atomic E-state index is 14.3. The molecule has 13 heteroatoms. The maximum absolute atomic E-state index is 14.3. The lowest BCUT2D eigenvalue weighted by atomic mass is 10.0. The Hall–Kier alpha value is -4.29. The van der Waals surface area contributed by atoms with Gasteiger partial charge in [-0.3, -0.25) is 14.4 Å². The third-order valence-electron chi connectivity index (χ3n) is 5.08. The molecule has 37 heavy (non-hydrogen) atoms. The van der Waals surface area contributed by atoms with E-state index in [9.17, 15) is 49.5 Å². The van der Waals surface area contributed by atoms with Crippen LogP contribution in [0.25, 0.3) is 0 Å². The molecule has 0 heterocycles. The zero-order chi connectivity index (χ0) is 27.5. The van der Waals surface area contributed by atoms with E-state index in [1.54, 1.807) is 0 Å². The van der Waals surface area contributed by atoms with Crippen LogP contribution in [0.4, 0.5) is 40.8 Å². The van der Waals surface area contributed by atoms with Crippen molar-refractivity contribution < 1.29 is 49.5 Å². The van der Waals surface area contributed by atoms with Crippen molar-refractivity contribution in [2.24, 2.45) is 0 Å². The highest BCUT2D eigenvalue weighted by molar-refractivity contribution is 6.05. The SMILES string of the molecule is O=Cc1ccccc1C(=O)N[C@@H](Cc1cccc(F)c1)C(=O)Nc1c(F)c(F)c(C(F)(F)F)c(F)c1F. The Morgan fingerprint density at radius 2 is 1.49 bits per heavy atom. The van der Waals surface area contributed by atoms with Gasteiger partial charge < -0.3 is 10.6 Å². The quantitative estimate of drug-likeness (QED) is 0.251. The predicted molar refractivity (Wildman–Crippen MR) is 113 cm³/mol. The lowest BCUT2D eigenvalue weighted by Gasteiger charge is -2.20. The van der Waals surface area contributed by atoms with E-state index in [0.29, 0.717) is 6.29 Å². The van der Waals surface area contributed by atoms with Crippen LogP contribution < -0.4 is 10.6 Å². The van der Waals surface area contributed by atoms with Gasteiger partial charge in [-0.1, -0.05) is 30.3 Å². The fourth-order valence-corrected chi connectivity index (χ4v) is 3.35. The van der Waals surface area contributed by atoms with E-state index in [1.165, 1.54) is 41.7 Å². The Labute approximate surface area is 203 Å². The van der Waals surface area contributed by atoms with Gasteiger partial charge in [-0.15, -0.1) is 0 Å². The molecule has 0 aliphatic heterocycles. The van der Waals surface area contributed by atoms with Crippen molar-refractivity contribution in [2.45, 2.75) is 18.6 Å². The molecule has 0 aliphatic rings. The van der Waals surface area contributed by atoms with Crippen LogP contribution in [-0.4, -0.2) is 24.1 Å². The highest BCUT2D eigenvalue weighted by atomic mass is 19.4. The van der Waals surface area contributed by atoms with Gasteiger partial charge in [0.15, 0.2) is 29.6 Å². The van der Waals surface area contributed by atoms with Gasteiger partial charge in [0.2, 0.25) is 5.91 Å². The number of anilines is 1. The summed E-state index contributed by atoms with van der Waals surface area (Å²) in [7, 11) is 0. The van der Waals surface area contributed by atoms with E-state index in [4.69, 9.17) is 0 Å². The molecule has 0 bridgehead atoms. The molecule has 0 aromatic heterocycles. The lowest BCUT2D eigenvalue weighted by molar-refractivity contribution is -0.143. The molecular weight excluding hydrogens is 516 g/mol. The molecule has 0 fully saturated rings. The molecular formula is C24H14F8N2O3. The van der Waals surface area contributed by atoms with Crippen LogP contribution in [0.3, 0.4) is 0 Å². The molecule has 0 saturated carbocycles. The van der Waals surface area contributed by atoms with Crippen molar-refractivity contribution in [3.8, 4) is 0 Å². The Bertz CT molecular complexity index is 1350. The molecule has 2 N–H and O–H groups in total. The summed E-state index contributed by atoms with van der Waals surface area (Å²) in [4.78, 5) is 36.8.